The number of fused-ring (bicyclic) bond motifs is 1. The third-order valence-electron chi connectivity index (χ3n) is 5.06. The molecule has 148 valence electrons. The zero-order valence-electron chi connectivity index (χ0n) is 16.8. The number of aryl methyl sites for hydroxylation is 1. The Morgan fingerprint density at radius 2 is 2.03 bits per heavy atom. The highest BCUT2D eigenvalue weighted by atomic mass is 16.3. The maximum absolute atomic E-state index is 13.1. The summed E-state index contributed by atoms with van der Waals surface area (Å²) in [5.74, 6) is 1.26. The van der Waals surface area contributed by atoms with Gasteiger partial charge in [-0.3, -0.25) is 9.78 Å². The van der Waals surface area contributed by atoms with Crippen LogP contribution in [-0.2, 0) is 13.0 Å². The largest absolute Gasteiger partial charge is 0.507 e. The van der Waals surface area contributed by atoms with E-state index in [9.17, 15) is 9.90 Å². The number of benzene rings is 1. The van der Waals surface area contributed by atoms with Crippen molar-refractivity contribution in [3.63, 3.8) is 0 Å². The van der Waals surface area contributed by atoms with E-state index < -0.39 is 0 Å². The van der Waals surface area contributed by atoms with Crippen LogP contribution in [0.15, 0.2) is 42.7 Å². The van der Waals surface area contributed by atoms with Crippen molar-refractivity contribution in [1.82, 2.24) is 19.9 Å². The van der Waals surface area contributed by atoms with E-state index in [0.717, 1.165) is 28.2 Å². The molecule has 0 saturated heterocycles. The van der Waals surface area contributed by atoms with Gasteiger partial charge in [0.05, 0.1) is 17.8 Å². The zero-order valence-corrected chi connectivity index (χ0v) is 16.8. The van der Waals surface area contributed by atoms with Crippen LogP contribution in [0.25, 0.3) is 11.4 Å². The zero-order chi connectivity index (χ0) is 20.5. The summed E-state index contributed by atoms with van der Waals surface area (Å²) in [7, 11) is 3.91. The molecule has 0 aliphatic carbocycles. The molecule has 0 unspecified atom stereocenters. The molecule has 7 heteroatoms. The minimum atomic E-state index is -0.190. The summed E-state index contributed by atoms with van der Waals surface area (Å²) in [6, 6.07) is 8.84. The van der Waals surface area contributed by atoms with Crippen LogP contribution >= 0.6 is 0 Å². The lowest BCUT2D eigenvalue weighted by atomic mass is 10.0. The number of aromatic nitrogens is 3. The highest BCUT2D eigenvalue weighted by molar-refractivity contribution is 5.97. The first-order valence-electron chi connectivity index (χ1n) is 9.50. The van der Waals surface area contributed by atoms with Crippen LogP contribution in [0.4, 0.5) is 5.82 Å². The molecule has 0 radical (unpaired) electrons. The van der Waals surface area contributed by atoms with Gasteiger partial charge in [-0.1, -0.05) is 11.6 Å². The van der Waals surface area contributed by atoms with Crippen molar-refractivity contribution >= 4 is 11.7 Å². The molecule has 1 amide bonds. The van der Waals surface area contributed by atoms with Crippen molar-refractivity contribution in [1.29, 1.82) is 0 Å². The van der Waals surface area contributed by atoms with Crippen LogP contribution in [-0.4, -0.2) is 51.5 Å². The van der Waals surface area contributed by atoms with Crippen LogP contribution in [0.5, 0.6) is 5.75 Å². The molecule has 0 saturated carbocycles. The number of phenols is 1. The molecule has 7 nitrogen and oxygen atoms in total. The SMILES string of the molecule is Cc1ccc(O)c(C(=O)N2CCc3c(nc(-c4cccnc4)nc3N(C)C)C2)c1. The highest BCUT2D eigenvalue weighted by Crippen LogP contribution is 2.30. The molecule has 1 aromatic carbocycles. The molecule has 3 aromatic rings. The summed E-state index contributed by atoms with van der Waals surface area (Å²) >= 11 is 0. The lowest BCUT2D eigenvalue weighted by molar-refractivity contribution is 0.0728. The molecule has 2 aromatic heterocycles. The number of anilines is 1. The quantitative estimate of drug-likeness (QED) is 0.742. The monoisotopic (exact) mass is 389 g/mol. The molecule has 0 spiro atoms. The number of carbonyl (C=O) groups is 1. The van der Waals surface area contributed by atoms with Gasteiger partial charge in [-0.25, -0.2) is 9.97 Å². The molecule has 29 heavy (non-hydrogen) atoms. The molecular weight excluding hydrogens is 366 g/mol. The topological polar surface area (TPSA) is 82.4 Å². The predicted molar refractivity (Wildman–Crippen MR) is 111 cm³/mol. The minimum Gasteiger partial charge on any atom is -0.507 e. The second-order valence-corrected chi connectivity index (χ2v) is 7.43. The number of carbonyl (C=O) groups excluding carboxylic acids is 1. The maximum atomic E-state index is 13.1. The fourth-order valence-electron chi connectivity index (χ4n) is 3.57. The van der Waals surface area contributed by atoms with E-state index in [0.29, 0.717) is 30.9 Å². The van der Waals surface area contributed by atoms with E-state index in [2.05, 4.69) is 4.98 Å². The van der Waals surface area contributed by atoms with E-state index in [1.807, 2.05) is 38.1 Å². The minimum absolute atomic E-state index is 0.000820. The van der Waals surface area contributed by atoms with Crippen LogP contribution in [0.2, 0.25) is 0 Å². The number of phenolic OH excluding ortho intramolecular Hbond substituents is 1. The first-order chi connectivity index (χ1) is 13.9. The Bertz CT molecular complexity index is 1070. The molecule has 1 aliphatic heterocycles. The Morgan fingerprint density at radius 1 is 1.21 bits per heavy atom. The number of aromatic hydroxyl groups is 1. The number of pyridine rings is 1. The Kier molecular flexibility index (Phi) is 4.88. The third-order valence-corrected chi connectivity index (χ3v) is 5.06. The fourth-order valence-corrected chi connectivity index (χ4v) is 3.57. The highest BCUT2D eigenvalue weighted by Gasteiger charge is 2.28. The number of hydrogen-bond acceptors (Lipinski definition) is 6. The summed E-state index contributed by atoms with van der Waals surface area (Å²) in [6.07, 6.45) is 4.11. The Morgan fingerprint density at radius 3 is 2.76 bits per heavy atom. The average Bonchev–Trinajstić information content (AvgIpc) is 2.74. The van der Waals surface area contributed by atoms with Gasteiger partial charge in [-0.2, -0.15) is 0 Å². The molecular formula is C22H23N5O2. The second-order valence-electron chi connectivity index (χ2n) is 7.43. The normalized spacial score (nSPS) is 13.1. The van der Waals surface area contributed by atoms with Gasteiger partial charge in [0.15, 0.2) is 5.82 Å². The Labute approximate surface area is 169 Å². The first-order valence-corrected chi connectivity index (χ1v) is 9.50. The smallest absolute Gasteiger partial charge is 0.257 e. The summed E-state index contributed by atoms with van der Waals surface area (Å²) in [5.41, 5.74) is 3.97. The van der Waals surface area contributed by atoms with Crippen molar-refractivity contribution in [3.8, 4) is 17.1 Å². The summed E-state index contributed by atoms with van der Waals surface area (Å²) in [5, 5.41) is 10.2. The van der Waals surface area contributed by atoms with Gasteiger partial charge in [0, 0.05) is 44.2 Å². The molecule has 1 aliphatic rings. The second kappa shape index (κ2) is 7.50. The number of rotatable bonds is 3. The van der Waals surface area contributed by atoms with Gasteiger partial charge >= 0.3 is 0 Å². The van der Waals surface area contributed by atoms with Crippen LogP contribution < -0.4 is 4.90 Å². The standard InChI is InChI=1S/C22H23N5O2/c1-14-6-7-19(28)17(11-14)22(29)27-10-8-16-18(13-27)24-20(25-21(16)26(2)3)15-5-4-9-23-12-15/h4-7,9,11-12,28H,8,10,13H2,1-3H3. The summed E-state index contributed by atoms with van der Waals surface area (Å²) < 4.78 is 0. The molecule has 4 rings (SSSR count). The van der Waals surface area contributed by atoms with E-state index in [4.69, 9.17) is 9.97 Å². The Hall–Kier alpha value is -3.48. The predicted octanol–water partition coefficient (Wildman–Crippen LogP) is 2.82. The van der Waals surface area contributed by atoms with Crippen molar-refractivity contribution < 1.29 is 9.90 Å². The maximum Gasteiger partial charge on any atom is 0.257 e. The van der Waals surface area contributed by atoms with Crippen LogP contribution in [0.1, 0.15) is 27.2 Å². The first kappa shape index (κ1) is 18.9. The molecule has 3 heterocycles. The van der Waals surface area contributed by atoms with Gasteiger partial charge in [0.1, 0.15) is 11.6 Å². The third kappa shape index (κ3) is 3.63. The van der Waals surface area contributed by atoms with Crippen molar-refractivity contribution in [3.05, 3.63) is 65.1 Å². The Balaban J connectivity index is 1.72. The van der Waals surface area contributed by atoms with E-state index >= 15 is 0 Å². The fraction of sp³-hybridized carbons (Fsp3) is 0.273. The summed E-state index contributed by atoms with van der Waals surface area (Å²) in [4.78, 5) is 30.4. The van der Waals surface area contributed by atoms with Gasteiger partial charge in [0.2, 0.25) is 0 Å². The average molecular weight is 389 g/mol. The van der Waals surface area contributed by atoms with E-state index in [1.165, 1.54) is 0 Å². The van der Waals surface area contributed by atoms with Gasteiger partial charge < -0.3 is 14.9 Å². The number of nitrogens with zero attached hydrogens (tertiary/aromatic N) is 5. The number of hydrogen-bond donors (Lipinski definition) is 1. The van der Waals surface area contributed by atoms with Gasteiger partial charge in [-0.05, 0) is 37.6 Å². The molecule has 1 N–H and O–H groups in total. The van der Waals surface area contributed by atoms with E-state index in [1.54, 1.807) is 35.5 Å². The molecule has 0 bridgehead atoms. The number of amides is 1. The molecule has 0 atom stereocenters. The van der Waals surface area contributed by atoms with Crippen LogP contribution in [0, 0.1) is 6.92 Å². The lowest BCUT2D eigenvalue weighted by Gasteiger charge is -2.31. The summed E-state index contributed by atoms with van der Waals surface area (Å²) in [6.45, 7) is 2.83. The van der Waals surface area contributed by atoms with Gasteiger partial charge in [0.25, 0.3) is 5.91 Å². The van der Waals surface area contributed by atoms with Crippen molar-refractivity contribution in [2.24, 2.45) is 0 Å². The van der Waals surface area contributed by atoms with E-state index in [-0.39, 0.29) is 11.7 Å². The van der Waals surface area contributed by atoms with Crippen molar-refractivity contribution in [2.45, 2.75) is 19.9 Å². The van der Waals surface area contributed by atoms with Gasteiger partial charge in [-0.15, -0.1) is 0 Å². The van der Waals surface area contributed by atoms with Crippen molar-refractivity contribution in [2.75, 3.05) is 25.5 Å². The molecule has 0 fully saturated rings. The lowest BCUT2D eigenvalue weighted by Crippen LogP contribution is -2.37. The van der Waals surface area contributed by atoms with Crippen LogP contribution in [0.3, 0.4) is 0 Å².